The van der Waals surface area contributed by atoms with E-state index in [-0.39, 0.29) is 5.75 Å². The Kier molecular flexibility index (Phi) is 3.57. The van der Waals surface area contributed by atoms with Crippen LogP contribution >= 0.6 is 0 Å². The third-order valence-corrected chi connectivity index (χ3v) is 1.48. The highest BCUT2D eigenvalue weighted by molar-refractivity contribution is 5.89. The van der Waals surface area contributed by atoms with Crippen LogP contribution in [0.1, 0.15) is 12.5 Å². The molecule has 0 fully saturated rings. The zero-order valence-electron chi connectivity index (χ0n) is 7.78. The molecule has 0 heterocycles. The van der Waals surface area contributed by atoms with E-state index in [9.17, 15) is 9.90 Å². The lowest BCUT2D eigenvalue weighted by atomic mass is 10.2. The lowest BCUT2D eigenvalue weighted by Crippen LogP contribution is -1.99. The molecule has 0 amide bonds. The molecule has 0 aliphatic carbocycles. The van der Waals surface area contributed by atoms with Crippen LogP contribution in [0.25, 0.3) is 0 Å². The molecular formula is C11H10O3. The summed E-state index contributed by atoms with van der Waals surface area (Å²) in [6.07, 6.45) is 0. The van der Waals surface area contributed by atoms with Crippen molar-refractivity contribution in [2.45, 2.75) is 6.92 Å². The quantitative estimate of drug-likeness (QED) is 0.536. The van der Waals surface area contributed by atoms with Crippen molar-refractivity contribution in [2.75, 3.05) is 6.61 Å². The number of carbonyl (C=O) groups is 1. The second-order valence-corrected chi connectivity index (χ2v) is 2.49. The zero-order chi connectivity index (χ0) is 10.4. The van der Waals surface area contributed by atoms with Crippen LogP contribution in [0.4, 0.5) is 0 Å². The predicted molar refractivity (Wildman–Crippen MR) is 51.6 cm³/mol. The minimum Gasteiger partial charge on any atom is -0.507 e. The lowest BCUT2D eigenvalue weighted by molar-refractivity contribution is -0.136. The van der Waals surface area contributed by atoms with E-state index >= 15 is 0 Å². The van der Waals surface area contributed by atoms with Crippen LogP contribution in [0.5, 0.6) is 5.75 Å². The second-order valence-electron chi connectivity index (χ2n) is 2.49. The van der Waals surface area contributed by atoms with E-state index in [1.165, 1.54) is 6.07 Å². The van der Waals surface area contributed by atoms with E-state index in [2.05, 4.69) is 16.6 Å². The molecule has 3 nitrogen and oxygen atoms in total. The van der Waals surface area contributed by atoms with Gasteiger partial charge in [0, 0.05) is 5.92 Å². The third kappa shape index (κ3) is 2.83. The maximum absolute atomic E-state index is 10.9. The summed E-state index contributed by atoms with van der Waals surface area (Å²) in [4.78, 5) is 10.9. The van der Waals surface area contributed by atoms with Gasteiger partial charge >= 0.3 is 5.97 Å². The summed E-state index contributed by atoms with van der Waals surface area (Å²) in [7, 11) is 0. The molecule has 1 N–H and O–H groups in total. The SMILES string of the molecule is CCOC(=O)C#Cc1ccccc1O. The largest absolute Gasteiger partial charge is 0.507 e. The van der Waals surface area contributed by atoms with E-state index in [4.69, 9.17) is 0 Å². The fourth-order valence-electron chi connectivity index (χ4n) is 0.865. The number of phenols is 1. The number of para-hydroxylation sites is 1. The Morgan fingerprint density at radius 2 is 2.21 bits per heavy atom. The highest BCUT2D eigenvalue weighted by Gasteiger charge is 1.96. The maximum atomic E-state index is 10.9. The van der Waals surface area contributed by atoms with Gasteiger partial charge in [0.1, 0.15) is 5.75 Å². The average molecular weight is 190 g/mol. The van der Waals surface area contributed by atoms with Crippen LogP contribution in [0.2, 0.25) is 0 Å². The molecule has 0 aliphatic heterocycles. The van der Waals surface area contributed by atoms with E-state index in [0.717, 1.165) is 0 Å². The van der Waals surface area contributed by atoms with Crippen LogP contribution in [0.15, 0.2) is 24.3 Å². The van der Waals surface area contributed by atoms with Crippen molar-refractivity contribution in [1.82, 2.24) is 0 Å². The molecule has 0 aromatic heterocycles. The highest BCUT2D eigenvalue weighted by Crippen LogP contribution is 2.13. The second kappa shape index (κ2) is 4.93. The Hall–Kier alpha value is -1.95. The van der Waals surface area contributed by atoms with Crippen LogP contribution in [-0.2, 0) is 9.53 Å². The van der Waals surface area contributed by atoms with Crippen LogP contribution < -0.4 is 0 Å². The molecule has 0 saturated carbocycles. The molecule has 0 bridgehead atoms. The summed E-state index contributed by atoms with van der Waals surface area (Å²) in [5.74, 6) is 4.26. The van der Waals surface area contributed by atoms with E-state index in [0.29, 0.717) is 12.2 Å². The van der Waals surface area contributed by atoms with Gasteiger partial charge in [-0.1, -0.05) is 18.1 Å². The number of carbonyl (C=O) groups excluding carboxylic acids is 1. The highest BCUT2D eigenvalue weighted by atomic mass is 16.5. The number of aromatic hydroxyl groups is 1. The number of hydrogen-bond donors (Lipinski definition) is 1. The van der Waals surface area contributed by atoms with Crippen molar-refractivity contribution in [3.63, 3.8) is 0 Å². The van der Waals surface area contributed by atoms with Crippen molar-refractivity contribution >= 4 is 5.97 Å². The number of ether oxygens (including phenoxy) is 1. The Bertz CT molecular complexity index is 385. The van der Waals surface area contributed by atoms with E-state index < -0.39 is 5.97 Å². The summed E-state index contributed by atoms with van der Waals surface area (Å²) in [5, 5.41) is 9.30. The molecule has 0 aliphatic rings. The molecule has 3 heteroatoms. The first-order valence-corrected chi connectivity index (χ1v) is 4.20. The van der Waals surface area contributed by atoms with E-state index in [1.54, 1.807) is 25.1 Å². The Morgan fingerprint density at radius 1 is 1.50 bits per heavy atom. The van der Waals surface area contributed by atoms with Gasteiger partial charge in [-0.05, 0) is 19.1 Å². The molecule has 0 unspecified atom stereocenters. The minimum atomic E-state index is -0.587. The first-order chi connectivity index (χ1) is 6.74. The normalized spacial score (nSPS) is 8.64. The topological polar surface area (TPSA) is 46.5 Å². The number of hydrogen-bond acceptors (Lipinski definition) is 3. The summed E-state index contributed by atoms with van der Waals surface area (Å²) in [5.41, 5.74) is 0.417. The first-order valence-electron chi connectivity index (χ1n) is 4.20. The van der Waals surface area contributed by atoms with Gasteiger partial charge in [-0.3, -0.25) is 0 Å². The fraction of sp³-hybridized carbons (Fsp3) is 0.182. The van der Waals surface area contributed by atoms with Gasteiger partial charge in [-0.25, -0.2) is 4.79 Å². The Balaban J connectivity index is 2.77. The molecule has 0 radical (unpaired) electrons. The number of esters is 1. The molecule has 14 heavy (non-hydrogen) atoms. The van der Waals surface area contributed by atoms with Gasteiger partial charge in [0.2, 0.25) is 0 Å². The average Bonchev–Trinajstić information content (AvgIpc) is 2.17. The molecule has 72 valence electrons. The Morgan fingerprint density at radius 3 is 2.86 bits per heavy atom. The Labute approximate surface area is 82.3 Å². The molecule has 1 rings (SSSR count). The summed E-state index contributed by atoms with van der Waals surface area (Å²) in [6.45, 7) is 2.01. The molecule has 0 atom stereocenters. The molecule has 1 aromatic carbocycles. The molecule has 1 aromatic rings. The van der Waals surface area contributed by atoms with Crippen molar-refractivity contribution in [2.24, 2.45) is 0 Å². The maximum Gasteiger partial charge on any atom is 0.384 e. The minimum absolute atomic E-state index is 0.0595. The summed E-state index contributed by atoms with van der Waals surface area (Å²) >= 11 is 0. The van der Waals surface area contributed by atoms with Crippen molar-refractivity contribution in [1.29, 1.82) is 0 Å². The fourth-order valence-corrected chi connectivity index (χ4v) is 0.865. The van der Waals surface area contributed by atoms with Gasteiger partial charge < -0.3 is 9.84 Å². The summed E-state index contributed by atoms with van der Waals surface area (Å²) in [6, 6.07) is 6.55. The van der Waals surface area contributed by atoms with Crippen molar-refractivity contribution in [3.8, 4) is 17.6 Å². The number of rotatable bonds is 1. The van der Waals surface area contributed by atoms with Gasteiger partial charge in [-0.15, -0.1) is 0 Å². The standard InChI is InChI=1S/C11H10O3/c1-2-14-11(13)8-7-9-5-3-4-6-10(9)12/h3-6,12H,2H2,1H3. The smallest absolute Gasteiger partial charge is 0.384 e. The van der Waals surface area contributed by atoms with Gasteiger partial charge in [0.25, 0.3) is 0 Å². The number of benzene rings is 1. The molecule has 0 saturated heterocycles. The lowest BCUT2D eigenvalue weighted by Gasteiger charge is -1.94. The first kappa shape index (κ1) is 10.1. The summed E-state index contributed by atoms with van der Waals surface area (Å²) < 4.78 is 4.61. The van der Waals surface area contributed by atoms with Gasteiger partial charge in [-0.2, -0.15) is 0 Å². The van der Waals surface area contributed by atoms with E-state index in [1.807, 2.05) is 0 Å². The van der Waals surface area contributed by atoms with Gasteiger partial charge in [0.05, 0.1) is 12.2 Å². The van der Waals surface area contributed by atoms with Crippen molar-refractivity contribution in [3.05, 3.63) is 29.8 Å². The van der Waals surface area contributed by atoms with Crippen LogP contribution in [0.3, 0.4) is 0 Å². The van der Waals surface area contributed by atoms with Crippen LogP contribution in [-0.4, -0.2) is 17.7 Å². The predicted octanol–water partition coefficient (Wildman–Crippen LogP) is 1.31. The van der Waals surface area contributed by atoms with Gasteiger partial charge in [0.15, 0.2) is 0 Å². The molecular weight excluding hydrogens is 180 g/mol. The zero-order valence-corrected chi connectivity index (χ0v) is 7.78. The number of phenolic OH excluding ortho intramolecular Hbond substituents is 1. The monoisotopic (exact) mass is 190 g/mol. The molecule has 0 spiro atoms. The van der Waals surface area contributed by atoms with Crippen LogP contribution in [0, 0.1) is 11.8 Å². The van der Waals surface area contributed by atoms with Crippen molar-refractivity contribution < 1.29 is 14.6 Å². The third-order valence-electron chi connectivity index (χ3n) is 1.48.